The van der Waals surface area contributed by atoms with Crippen LogP contribution in [0.15, 0.2) is 0 Å². The van der Waals surface area contributed by atoms with Gasteiger partial charge in [0.25, 0.3) is 0 Å². The lowest BCUT2D eigenvalue weighted by Gasteiger charge is -2.26. The molecule has 0 saturated heterocycles. The van der Waals surface area contributed by atoms with E-state index in [-0.39, 0.29) is 0 Å². The van der Waals surface area contributed by atoms with Gasteiger partial charge in [-0.05, 0) is 26.3 Å². The first-order valence-electron chi connectivity index (χ1n) is 5.32. The van der Waals surface area contributed by atoms with E-state index in [0.29, 0.717) is 0 Å². The van der Waals surface area contributed by atoms with E-state index in [9.17, 15) is 0 Å². The Hall–Kier alpha value is -0.0400. The predicted octanol–water partition coefficient (Wildman–Crippen LogP) is 3.15. The third-order valence-electron chi connectivity index (χ3n) is 2.76. The van der Waals surface area contributed by atoms with E-state index in [2.05, 4.69) is 39.6 Å². The van der Waals surface area contributed by atoms with Crippen molar-refractivity contribution in [2.75, 3.05) is 13.6 Å². The Morgan fingerprint density at radius 1 is 1.17 bits per heavy atom. The quantitative estimate of drug-likeness (QED) is 0.593. The van der Waals surface area contributed by atoms with E-state index in [4.69, 9.17) is 0 Å². The Bertz CT molecular complexity index is 101. The van der Waals surface area contributed by atoms with E-state index < -0.39 is 0 Å². The molecule has 0 amide bonds. The highest BCUT2D eigenvalue weighted by atomic mass is 15.1. The summed E-state index contributed by atoms with van der Waals surface area (Å²) in [5.41, 5.74) is 0. The minimum absolute atomic E-state index is 0.754. The molecule has 0 heterocycles. The van der Waals surface area contributed by atoms with Crippen LogP contribution in [0.3, 0.4) is 0 Å². The van der Waals surface area contributed by atoms with Gasteiger partial charge in [-0.2, -0.15) is 0 Å². The number of hydrogen-bond donors (Lipinski definition) is 0. The molecule has 1 unspecified atom stereocenters. The molecule has 0 radical (unpaired) electrons. The van der Waals surface area contributed by atoms with Crippen molar-refractivity contribution in [3.63, 3.8) is 0 Å². The predicted molar refractivity (Wildman–Crippen MR) is 56.5 cm³/mol. The molecule has 2 atom stereocenters. The molecule has 0 aliphatic carbocycles. The summed E-state index contributed by atoms with van der Waals surface area (Å²) in [6.07, 6.45) is 3.92. The minimum atomic E-state index is 0.754. The smallest absolute Gasteiger partial charge is 0.00638 e. The van der Waals surface area contributed by atoms with Crippen molar-refractivity contribution in [2.45, 2.75) is 53.0 Å². The van der Waals surface area contributed by atoms with Gasteiger partial charge in [-0.25, -0.2) is 0 Å². The molecule has 0 aliphatic rings. The van der Waals surface area contributed by atoms with E-state index in [1.807, 2.05) is 0 Å². The molecule has 0 N–H and O–H groups in total. The van der Waals surface area contributed by atoms with Crippen molar-refractivity contribution in [2.24, 2.45) is 5.92 Å². The summed E-state index contributed by atoms with van der Waals surface area (Å²) in [4.78, 5) is 2.48. The van der Waals surface area contributed by atoms with Gasteiger partial charge in [-0.15, -0.1) is 0 Å². The van der Waals surface area contributed by atoms with Crippen LogP contribution in [0.1, 0.15) is 47.0 Å². The van der Waals surface area contributed by atoms with Crippen LogP contribution in [0.5, 0.6) is 0 Å². The van der Waals surface area contributed by atoms with Crippen LogP contribution in [0.4, 0.5) is 0 Å². The molecule has 0 spiro atoms. The van der Waals surface area contributed by atoms with Gasteiger partial charge in [-0.3, -0.25) is 0 Å². The number of hydrogen-bond acceptors (Lipinski definition) is 1. The Kier molecular flexibility index (Phi) is 6.45. The van der Waals surface area contributed by atoms with Gasteiger partial charge in [0.15, 0.2) is 0 Å². The second-order valence-electron chi connectivity index (χ2n) is 4.09. The molecule has 12 heavy (non-hydrogen) atoms. The summed E-state index contributed by atoms with van der Waals surface area (Å²) >= 11 is 0. The molecule has 0 aromatic heterocycles. The average molecular weight is 171 g/mol. The summed E-state index contributed by atoms with van der Waals surface area (Å²) in [7, 11) is 2.24. The fraction of sp³-hybridized carbons (Fsp3) is 1.00. The maximum absolute atomic E-state index is 2.48. The topological polar surface area (TPSA) is 3.24 Å². The van der Waals surface area contributed by atoms with Gasteiger partial charge in [0.05, 0.1) is 0 Å². The lowest BCUT2D eigenvalue weighted by molar-refractivity contribution is 0.212. The van der Waals surface area contributed by atoms with Gasteiger partial charge in [0.2, 0.25) is 0 Å². The highest BCUT2D eigenvalue weighted by Gasteiger charge is 2.09. The molecule has 0 saturated carbocycles. The van der Waals surface area contributed by atoms with Crippen LogP contribution in [-0.4, -0.2) is 24.5 Å². The molecule has 0 aromatic rings. The maximum atomic E-state index is 2.48. The highest BCUT2D eigenvalue weighted by molar-refractivity contribution is 4.64. The number of rotatable bonds is 6. The Labute approximate surface area is 78.1 Å². The molecule has 74 valence electrons. The first-order valence-corrected chi connectivity index (χ1v) is 5.32. The van der Waals surface area contributed by atoms with Gasteiger partial charge in [0.1, 0.15) is 0 Å². The van der Waals surface area contributed by atoms with E-state index in [1.54, 1.807) is 0 Å². The van der Waals surface area contributed by atoms with Crippen LogP contribution in [-0.2, 0) is 0 Å². The monoisotopic (exact) mass is 171 g/mol. The molecule has 0 fully saturated rings. The van der Waals surface area contributed by atoms with Crippen LogP contribution in [0, 0.1) is 5.92 Å². The minimum Gasteiger partial charge on any atom is -0.303 e. The first-order chi connectivity index (χ1) is 5.61. The van der Waals surface area contributed by atoms with Crippen molar-refractivity contribution in [3.05, 3.63) is 0 Å². The van der Waals surface area contributed by atoms with Gasteiger partial charge in [0, 0.05) is 12.6 Å². The zero-order valence-electron chi connectivity index (χ0n) is 9.43. The van der Waals surface area contributed by atoms with Crippen molar-refractivity contribution >= 4 is 0 Å². The third kappa shape index (κ3) is 4.76. The zero-order valence-corrected chi connectivity index (χ0v) is 9.43. The largest absolute Gasteiger partial charge is 0.303 e. The summed E-state index contributed by atoms with van der Waals surface area (Å²) in [5, 5.41) is 0. The van der Waals surface area contributed by atoms with Crippen LogP contribution in [0.2, 0.25) is 0 Å². The molecule has 1 nitrogen and oxygen atoms in total. The van der Waals surface area contributed by atoms with Crippen molar-refractivity contribution in [1.29, 1.82) is 0 Å². The van der Waals surface area contributed by atoms with Crippen molar-refractivity contribution in [3.8, 4) is 0 Å². The first kappa shape index (κ1) is 12.0. The van der Waals surface area contributed by atoms with E-state index in [0.717, 1.165) is 12.0 Å². The SMILES string of the molecule is CCCC(C)N(C)C[C@H](C)CC. The molecule has 0 aromatic carbocycles. The fourth-order valence-corrected chi connectivity index (χ4v) is 1.44. The lowest BCUT2D eigenvalue weighted by Crippen LogP contribution is -2.32. The summed E-state index contributed by atoms with van der Waals surface area (Å²) in [5.74, 6) is 0.842. The van der Waals surface area contributed by atoms with Gasteiger partial charge >= 0.3 is 0 Å². The molecule has 0 rings (SSSR count). The second-order valence-corrected chi connectivity index (χ2v) is 4.09. The maximum Gasteiger partial charge on any atom is 0.00638 e. The van der Waals surface area contributed by atoms with E-state index in [1.165, 1.54) is 25.8 Å². The summed E-state index contributed by atoms with van der Waals surface area (Å²) in [6, 6.07) is 0.754. The standard InChI is InChI=1S/C11H25N/c1-6-8-11(4)12(5)9-10(3)7-2/h10-11H,6-9H2,1-5H3/t10-,11?/m1/s1. The number of nitrogens with zero attached hydrogens (tertiary/aromatic N) is 1. The average Bonchev–Trinajstić information content (AvgIpc) is 2.04. The molecule has 1 heteroatoms. The van der Waals surface area contributed by atoms with Crippen molar-refractivity contribution in [1.82, 2.24) is 4.90 Å². The molecular formula is C11H25N. The van der Waals surface area contributed by atoms with Gasteiger partial charge in [-0.1, -0.05) is 33.6 Å². The van der Waals surface area contributed by atoms with Crippen LogP contribution >= 0.6 is 0 Å². The highest BCUT2D eigenvalue weighted by Crippen LogP contribution is 2.08. The van der Waals surface area contributed by atoms with Crippen LogP contribution < -0.4 is 0 Å². The van der Waals surface area contributed by atoms with Gasteiger partial charge < -0.3 is 4.90 Å². The Morgan fingerprint density at radius 3 is 2.17 bits per heavy atom. The zero-order chi connectivity index (χ0) is 9.56. The normalized spacial score (nSPS) is 16.5. The second kappa shape index (κ2) is 6.47. The Balaban J connectivity index is 3.62. The third-order valence-corrected chi connectivity index (χ3v) is 2.76. The fourth-order valence-electron chi connectivity index (χ4n) is 1.44. The Morgan fingerprint density at radius 2 is 1.75 bits per heavy atom. The van der Waals surface area contributed by atoms with Crippen molar-refractivity contribution < 1.29 is 0 Å². The lowest BCUT2D eigenvalue weighted by atomic mass is 10.1. The molecular weight excluding hydrogens is 146 g/mol. The van der Waals surface area contributed by atoms with Crippen LogP contribution in [0.25, 0.3) is 0 Å². The molecule has 0 bridgehead atoms. The summed E-state index contributed by atoms with van der Waals surface area (Å²) < 4.78 is 0. The summed E-state index contributed by atoms with van der Waals surface area (Å²) in [6.45, 7) is 10.4. The molecule has 0 aliphatic heterocycles. The van der Waals surface area contributed by atoms with E-state index >= 15 is 0 Å².